The maximum Gasteiger partial charge on any atom is 0.246 e. The predicted molar refractivity (Wildman–Crippen MR) is 95.1 cm³/mol. The summed E-state index contributed by atoms with van der Waals surface area (Å²) in [5.74, 6) is -1.88. The molecule has 0 bridgehead atoms. The molecule has 27 heavy (non-hydrogen) atoms. The SMILES string of the molecule is CCCC1CC(C(=O)N2CCN(S(=O)(=O)c3cc(F)ccc3F)CC2)NN1. The molecule has 1 aromatic rings. The molecule has 2 N–H and O–H groups in total. The lowest BCUT2D eigenvalue weighted by Crippen LogP contribution is -2.54. The minimum Gasteiger partial charge on any atom is -0.339 e. The van der Waals surface area contributed by atoms with Gasteiger partial charge in [-0.1, -0.05) is 13.3 Å². The van der Waals surface area contributed by atoms with Gasteiger partial charge in [0.05, 0.1) is 0 Å². The molecule has 7 nitrogen and oxygen atoms in total. The highest BCUT2D eigenvalue weighted by molar-refractivity contribution is 7.89. The van der Waals surface area contributed by atoms with Crippen LogP contribution in [0.15, 0.2) is 23.1 Å². The molecule has 0 spiro atoms. The number of hydrazine groups is 1. The number of piperazine rings is 1. The first kappa shape index (κ1) is 20.1. The summed E-state index contributed by atoms with van der Waals surface area (Å²) < 4.78 is 53.5. The third kappa shape index (κ3) is 4.29. The van der Waals surface area contributed by atoms with Crippen LogP contribution in [0, 0.1) is 11.6 Å². The first-order chi connectivity index (χ1) is 12.8. The van der Waals surface area contributed by atoms with Gasteiger partial charge in [0.2, 0.25) is 15.9 Å². The summed E-state index contributed by atoms with van der Waals surface area (Å²) in [7, 11) is -4.15. The molecule has 150 valence electrons. The molecule has 0 radical (unpaired) electrons. The first-order valence-electron chi connectivity index (χ1n) is 9.08. The van der Waals surface area contributed by atoms with Gasteiger partial charge in [-0.3, -0.25) is 10.2 Å². The average molecular weight is 402 g/mol. The molecule has 0 aromatic heterocycles. The van der Waals surface area contributed by atoms with Crippen molar-refractivity contribution in [3.8, 4) is 0 Å². The number of rotatable bonds is 5. The van der Waals surface area contributed by atoms with Crippen molar-refractivity contribution in [3.63, 3.8) is 0 Å². The fraction of sp³-hybridized carbons (Fsp3) is 0.588. The van der Waals surface area contributed by atoms with E-state index in [4.69, 9.17) is 0 Å². The number of hydrogen-bond acceptors (Lipinski definition) is 5. The second-order valence-electron chi connectivity index (χ2n) is 6.87. The number of benzene rings is 1. The molecule has 0 aliphatic carbocycles. The fourth-order valence-electron chi connectivity index (χ4n) is 3.51. The molecule has 2 heterocycles. The normalized spacial score (nSPS) is 24.3. The molecule has 2 atom stereocenters. The Morgan fingerprint density at radius 3 is 2.56 bits per heavy atom. The van der Waals surface area contributed by atoms with Gasteiger partial charge >= 0.3 is 0 Å². The van der Waals surface area contributed by atoms with Gasteiger partial charge in [-0.05, 0) is 31.0 Å². The van der Waals surface area contributed by atoms with Crippen LogP contribution in [0.5, 0.6) is 0 Å². The summed E-state index contributed by atoms with van der Waals surface area (Å²) in [4.78, 5) is 13.6. The van der Waals surface area contributed by atoms with Crippen LogP contribution in [0.2, 0.25) is 0 Å². The smallest absolute Gasteiger partial charge is 0.246 e. The van der Waals surface area contributed by atoms with Gasteiger partial charge in [-0.15, -0.1) is 0 Å². The number of carbonyl (C=O) groups is 1. The first-order valence-corrected chi connectivity index (χ1v) is 10.5. The van der Waals surface area contributed by atoms with Crippen molar-refractivity contribution in [1.29, 1.82) is 0 Å². The van der Waals surface area contributed by atoms with Crippen molar-refractivity contribution in [3.05, 3.63) is 29.8 Å². The van der Waals surface area contributed by atoms with Gasteiger partial charge < -0.3 is 4.90 Å². The van der Waals surface area contributed by atoms with E-state index in [-0.39, 0.29) is 44.2 Å². The van der Waals surface area contributed by atoms with Gasteiger partial charge in [0.25, 0.3) is 0 Å². The van der Waals surface area contributed by atoms with Crippen LogP contribution >= 0.6 is 0 Å². The van der Waals surface area contributed by atoms with Crippen LogP contribution in [-0.4, -0.2) is 61.8 Å². The Bertz CT molecular complexity index is 797. The molecule has 0 saturated carbocycles. The number of halogens is 2. The average Bonchev–Trinajstić information content (AvgIpc) is 3.12. The number of nitrogens with zero attached hydrogens (tertiary/aromatic N) is 2. The van der Waals surface area contributed by atoms with E-state index in [0.717, 1.165) is 29.3 Å². The molecule has 3 rings (SSSR count). The Morgan fingerprint density at radius 2 is 1.89 bits per heavy atom. The minimum absolute atomic E-state index is 0.0442. The monoisotopic (exact) mass is 402 g/mol. The molecule has 1 aromatic carbocycles. The van der Waals surface area contributed by atoms with Crippen LogP contribution < -0.4 is 10.9 Å². The highest BCUT2D eigenvalue weighted by atomic mass is 32.2. The third-order valence-electron chi connectivity index (χ3n) is 4.98. The van der Waals surface area contributed by atoms with E-state index in [0.29, 0.717) is 12.5 Å². The van der Waals surface area contributed by atoms with Crippen LogP contribution in [-0.2, 0) is 14.8 Å². The second-order valence-corrected chi connectivity index (χ2v) is 8.77. The third-order valence-corrected chi connectivity index (χ3v) is 6.89. The highest BCUT2D eigenvalue weighted by Crippen LogP contribution is 2.22. The summed E-state index contributed by atoms with van der Waals surface area (Å²) in [5.41, 5.74) is 6.12. The Kier molecular flexibility index (Phi) is 6.09. The molecule has 2 aliphatic rings. The summed E-state index contributed by atoms with van der Waals surface area (Å²) >= 11 is 0. The van der Waals surface area contributed by atoms with Crippen molar-refractivity contribution >= 4 is 15.9 Å². The van der Waals surface area contributed by atoms with E-state index in [1.54, 1.807) is 4.90 Å². The maximum absolute atomic E-state index is 13.9. The van der Waals surface area contributed by atoms with E-state index in [9.17, 15) is 22.0 Å². The number of sulfonamides is 1. The second kappa shape index (κ2) is 8.17. The van der Waals surface area contributed by atoms with Gasteiger partial charge in [-0.25, -0.2) is 22.6 Å². The number of nitrogens with one attached hydrogen (secondary N) is 2. The van der Waals surface area contributed by atoms with E-state index in [1.165, 1.54) is 0 Å². The number of carbonyl (C=O) groups excluding carboxylic acids is 1. The van der Waals surface area contributed by atoms with Gasteiger partial charge in [0, 0.05) is 32.2 Å². The van der Waals surface area contributed by atoms with Gasteiger partial charge in [0.1, 0.15) is 22.6 Å². The molecular weight excluding hydrogens is 378 g/mol. The molecule has 2 fully saturated rings. The lowest BCUT2D eigenvalue weighted by Gasteiger charge is -2.35. The zero-order valence-electron chi connectivity index (χ0n) is 15.1. The Morgan fingerprint density at radius 1 is 1.19 bits per heavy atom. The van der Waals surface area contributed by atoms with Crippen LogP contribution in [0.25, 0.3) is 0 Å². The lowest BCUT2D eigenvalue weighted by atomic mass is 10.1. The van der Waals surface area contributed by atoms with Crippen molar-refractivity contribution < 1.29 is 22.0 Å². The van der Waals surface area contributed by atoms with Crippen LogP contribution in [0.4, 0.5) is 8.78 Å². The number of amides is 1. The summed E-state index contributed by atoms with van der Waals surface area (Å²) in [6, 6.07) is 2.28. The van der Waals surface area contributed by atoms with Crippen molar-refractivity contribution in [1.82, 2.24) is 20.1 Å². The minimum atomic E-state index is -4.15. The zero-order valence-corrected chi connectivity index (χ0v) is 15.9. The topological polar surface area (TPSA) is 81.8 Å². The summed E-state index contributed by atoms with van der Waals surface area (Å²) in [5, 5.41) is 0. The Hall–Kier alpha value is -1.62. The van der Waals surface area contributed by atoms with Crippen LogP contribution in [0.3, 0.4) is 0 Å². The molecule has 2 aliphatic heterocycles. The fourth-order valence-corrected chi connectivity index (χ4v) is 5.00. The number of hydrogen-bond donors (Lipinski definition) is 2. The van der Waals surface area contributed by atoms with E-state index >= 15 is 0 Å². The molecule has 2 saturated heterocycles. The molecule has 10 heteroatoms. The Balaban J connectivity index is 1.61. The summed E-state index contributed by atoms with van der Waals surface area (Å²) in [6.45, 7) is 2.60. The van der Waals surface area contributed by atoms with Crippen LogP contribution in [0.1, 0.15) is 26.2 Å². The standard InChI is InChI=1S/C17H24F2N4O3S/c1-2-3-13-11-15(21-20-13)17(24)22-6-8-23(9-7-22)27(25,26)16-10-12(18)4-5-14(16)19/h4-5,10,13,15,20-21H,2-3,6-9,11H2,1H3. The lowest BCUT2D eigenvalue weighted by molar-refractivity contribution is -0.134. The zero-order chi connectivity index (χ0) is 19.6. The predicted octanol–water partition coefficient (Wildman–Crippen LogP) is 0.833. The quantitative estimate of drug-likeness (QED) is 0.763. The molecule has 1 amide bonds. The maximum atomic E-state index is 13.9. The molecular formula is C17H24F2N4O3S. The van der Waals surface area contributed by atoms with Gasteiger partial charge in [-0.2, -0.15) is 4.31 Å². The Labute approximate surface area is 157 Å². The van der Waals surface area contributed by atoms with E-state index in [2.05, 4.69) is 17.8 Å². The van der Waals surface area contributed by atoms with E-state index in [1.807, 2.05) is 0 Å². The van der Waals surface area contributed by atoms with Crippen molar-refractivity contribution in [2.75, 3.05) is 26.2 Å². The van der Waals surface area contributed by atoms with Crippen molar-refractivity contribution in [2.45, 2.75) is 43.2 Å². The van der Waals surface area contributed by atoms with Gasteiger partial charge in [0.15, 0.2) is 0 Å². The van der Waals surface area contributed by atoms with Crippen molar-refractivity contribution in [2.24, 2.45) is 0 Å². The largest absolute Gasteiger partial charge is 0.339 e. The summed E-state index contributed by atoms with van der Waals surface area (Å²) in [6.07, 6.45) is 2.69. The van der Waals surface area contributed by atoms with E-state index < -0.39 is 26.6 Å². The molecule has 2 unspecified atom stereocenters. The highest BCUT2D eigenvalue weighted by Gasteiger charge is 2.36.